The lowest BCUT2D eigenvalue weighted by Crippen LogP contribution is -2.04. The minimum Gasteiger partial charge on any atom is -0.505 e. The molecule has 0 radical (unpaired) electrons. The molecule has 9 aromatic rings. The van der Waals surface area contributed by atoms with Crippen LogP contribution in [0.4, 0.5) is 62.6 Å². The first-order valence-corrected chi connectivity index (χ1v) is 32.4. The molecule has 0 heterocycles. The molecule has 0 atom stereocenters. The highest BCUT2D eigenvalue weighted by Crippen LogP contribution is 2.47. The Labute approximate surface area is 515 Å². The fourth-order valence-corrected chi connectivity index (χ4v) is 12.1. The number of aryl methyl sites for hydroxylation is 2. The van der Waals surface area contributed by atoms with E-state index in [2.05, 4.69) is 46.2 Å². The zero-order chi connectivity index (χ0) is 66.4. The van der Waals surface area contributed by atoms with Gasteiger partial charge in [0, 0.05) is 34.3 Å². The highest BCUT2D eigenvalue weighted by Gasteiger charge is 2.27. The summed E-state index contributed by atoms with van der Waals surface area (Å²) in [5.74, 6) is -2.93. The van der Waals surface area contributed by atoms with Crippen molar-refractivity contribution in [1.82, 2.24) is 0 Å². The van der Waals surface area contributed by atoms with Gasteiger partial charge in [0.05, 0.1) is 36.8 Å². The van der Waals surface area contributed by atoms with E-state index in [1.165, 1.54) is 101 Å². The fourth-order valence-electron chi connectivity index (χ4n) is 8.89. The van der Waals surface area contributed by atoms with Gasteiger partial charge in [-0.2, -0.15) is 52.3 Å². The van der Waals surface area contributed by atoms with Gasteiger partial charge >= 0.3 is 5.97 Å². The number of phenolic OH excluding ortho intramolecular Hbond substituents is 2. The van der Waals surface area contributed by atoms with Gasteiger partial charge in [-0.05, 0) is 144 Å². The molecule has 9 rings (SSSR count). The van der Waals surface area contributed by atoms with E-state index in [9.17, 15) is 85.0 Å². The van der Waals surface area contributed by atoms with Crippen LogP contribution in [-0.2, 0) is 50.6 Å². The molecule has 0 unspecified atom stereocenters. The molecule has 11 N–H and O–H groups in total. The molecule has 0 aliphatic rings. The fraction of sp³-hybridized carbons (Fsp3) is 0.0727. The maximum atomic E-state index is 12.9. The van der Waals surface area contributed by atoms with Crippen LogP contribution >= 0.6 is 0 Å². The second kappa shape index (κ2) is 24.6. The summed E-state index contributed by atoms with van der Waals surface area (Å²) >= 11 is 0. The quantitative estimate of drug-likeness (QED) is 0.0204. The Morgan fingerprint density at radius 2 is 0.802 bits per heavy atom. The molecule has 9 aromatic carbocycles. The number of aromatic hydroxyl groups is 2. The number of carboxylic acid groups (broad SMARTS) is 1. The van der Waals surface area contributed by atoms with Gasteiger partial charge in [-0.3, -0.25) is 22.8 Å². The molecule has 0 amide bonds. The first-order chi connectivity index (χ1) is 42.5. The van der Waals surface area contributed by atoms with E-state index < -0.39 is 121 Å². The third kappa shape index (κ3) is 14.1. The summed E-state index contributed by atoms with van der Waals surface area (Å²) in [6.45, 7) is 3.00. The van der Waals surface area contributed by atoms with Crippen molar-refractivity contribution in [3.8, 4) is 34.1 Å². The SMILES string of the molecule is COc1cc(N=Nc2ccc(-c3ccc(N=Nc4cc(OC)c(N=Nc5c(S(=O)(=O)O)cc6cc(S(=O)(=O)O)c(N)cc6c5O)cc4C)c(S(=O)(=O)O)c3)cc2S(=O)(=O)O)c(C)cc1N=Nc1c(S(=O)(=O)O)cc2ccc(Nc3ccc(C(=O)O)cc3)cc2c1O. The Kier molecular flexibility index (Phi) is 17.6. The molecule has 0 aliphatic heterocycles. The van der Waals surface area contributed by atoms with Crippen LogP contribution < -0.4 is 20.5 Å². The van der Waals surface area contributed by atoms with E-state index >= 15 is 0 Å². The van der Waals surface area contributed by atoms with Crippen LogP contribution in [0.2, 0.25) is 0 Å². The third-order valence-electron chi connectivity index (χ3n) is 13.3. The average molecular weight is 1340 g/mol. The predicted octanol–water partition coefficient (Wildman–Crippen LogP) is 12.6. The number of aromatic carboxylic acids is 1. The van der Waals surface area contributed by atoms with Crippen molar-refractivity contribution in [2.75, 3.05) is 25.3 Å². The number of ether oxygens (including phenoxy) is 2. The summed E-state index contributed by atoms with van der Waals surface area (Å²) < 4.78 is 187. The number of carboxylic acids is 1. The summed E-state index contributed by atoms with van der Waals surface area (Å²) in [7, 11) is -23.0. The summed E-state index contributed by atoms with van der Waals surface area (Å²) in [5.41, 5.74) is 4.09. The van der Waals surface area contributed by atoms with Crippen LogP contribution in [0.15, 0.2) is 193 Å². The number of hydrogen-bond donors (Lipinski definition) is 10. The zero-order valence-corrected chi connectivity index (χ0v) is 50.8. The number of hydrogen-bond acceptors (Lipinski definition) is 25. The van der Waals surface area contributed by atoms with Crippen LogP contribution in [0.25, 0.3) is 32.7 Å². The second-order valence-corrected chi connectivity index (χ2v) is 26.3. The lowest BCUT2D eigenvalue weighted by atomic mass is 10.0. The molecular weight excluding hydrogens is 1300 g/mol. The molecule has 0 aliphatic carbocycles. The summed E-state index contributed by atoms with van der Waals surface area (Å²) in [4.78, 5) is 7.01. The summed E-state index contributed by atoms with van der Waals surface area (Å²) in [6.07, 6.45) is 0. The molecule has 31 nitrogen and oxygen atoms in total. The number of azo groups is 4. The van der Waals surface area contributed by atoms with Crippen molar-refractivity contribution in [3.05, 3.63) is 144 Å². The number of phenols is 2. The average Bonchev–Trinajstić information content (AvgIpc) is 0.772. The molecule has 0 bridgehead atoms. The standard InChI is InChI=1S/C55H44N10O21S5/c1-26-15-42(62-64-51-49(90(79,80)81)19-31-7-12-34(22-35(31)53(51)66)57-33-10-5-28(6-11-33)55(68)69)44(85-3)24-40(26)60-58-38-13-8-29(17-47(38)88(73,74)75)30-9-14-39(48(18-30)89(76,77)78)59-61-41-25-45(86-4)43(16-27(41)2)63-65-52-50(91(82,83)84)21-32-20-46(87(70,71)72)37(56)23-36(32)54(52)67/h5-25,57,66-67H,56H2,1-4H3,(H,68,69)(H,70,71,72)(H,73,74,75)(H,76,77,78)(H,79,80,81)(H,82,83,84). The van der Waals surface area contributed by atoms with Gasteiger partial charge in [0.25, 0.3) is 50.6 Å². The van der Waals surface area contributed by atoms with Crippen molar-refractivity contribution < 1.29 is 94.4 Å². The number of nitrogens with zero attached hydrogens (tertiary/aromatic N) is 8. The normalized spacial score (nSPS) is 12.7. The van der Waals surface area contributed by atoms with Gasteiger partial charge in [-0.25, -0.2) is 4.79 Å². The highest BCUT2D eigenvalue weighted by molar-refractivity contribution is 7.87. The van der Waals surface area contributed by atoms with E-state index in [1.54, 1.807) is 6.07 Å². The molecule has 470 valence electrons. The Bertz CT molecular complexity index is 5300. The predicted molar refractivity (Wildman–Crippen MR) is 325 cm³/mol. The second-order valence-electron chi connectivity index (χ2n) is 19.4. The lowest BCUT2D eigenvalue weighted by molar-refractivity contribution is 0.0696. The molecule has 0 saturated carbocycles. The number of benzene rings is 9. The van der Waals surface area contributed by atoms with E-state index in [0.29, 0.717) is 11.4 Å². The van der Waals surface area contributed by atoms with Crippen LogP contribution in [0.3, 0.4) is 0 Å². The Hall–Kier alpha value is -10.3. The maximum absolute atomic E-state index is 12.9. The largest absolute Gasteiger partial charge is 0.505 e. The van der Waals surface area contributed by atoms with Gasteiger partial charge in [0.15, 0.2) is 11.5 Å². The van der Waals surface area contributed by atoms with Gasteiger partial charge in [0.1, 0.15) is 70.1 Å². The molecule has 0 fully saturated rings. The minimum atomic E-state index is -5.20. The van der Waals surface area contributed by atoms with Crippen molar-refractivity contribution >= 4 is 141 Å². The Morgan fingerprint density at radius 1 is 0.418 bits per heavy atom. The minimum absolute atomic E-state index is 0.00232. The van der Waals surface area contributed by atoms with Gasteiger partial charge in [0.2, 0.25) is 0 Å². The van der Waals surface area contributed by atoms with Crippen molar-refractivity contribution in [2.45, 2.75) is 38.3 Å². The highest BCUT2D eigenvalue weighted by atomic mass is 32.2. The van der Waals surface area contributed by atoms with Crippen LogP contribution in [-0.4, -0.2) is 100 Å². The Balaban J connectivity index is 0.981. The lowest BCUT2D eigenvalue weighted by Gasteiger charge is -2.12. The van der Waals surface area contributed by atoms with Crippen molar-refractivity contribution in [2.24, 2.45) is 40.9 Å². The van der Waals surface area contributed by atoms with E-state index in [-0.39, 0.29) is 83.6 Å². The summed E-state index contributed by atoms with van der Waals surface area (Å²) in [6, 6.07) is 25.5. The smallest absolute Gasteiger partial charge is 0.335 e. The van der Waals surface area contributed by atoms with Gasteiger partial charge < -0.3 is 35.8 Å². The number of rotatable bonds is 19. The molecule has 0 spiro atoms. The summed E-state index contributed by atoms with van der Waals surface area (Å²) in [5, 5.41) is 66.7. The number of nitrogens with one attached hydrogen (secondary N) is 1. The Morgan fingerprint density at radius 3 is 1.22 bits per heavy atom. The number of nitrogens with two attached hydrogens (primary N) is 1. The van der Waals surface area contributed by atoms with E-state index in [4.69, 9.17) is 15.2 Å². The number of nitrogen functional groups attached to an aromatic ring is 1. The maximum Gasteiger partial charge on any atom is 0.335 e. The number of anilines is 3. The van der Waals surface area contributed by atoms with Crippen LogP contribution in [0, 0.1) is 13.8 Å². The molecular formula is C55H44N10O21S5. The topological polar surface area (TPSA) is 505 Å². The molecule has 91 heavy (non-hydrogen) atoms. The first-order valence-electron chi connectivity index (χ1n) is 25.2. The number of fused-ring (bicyclic) bond motifs is 2. The van der Waals surface area contributed by atoms with Crippen molar-refractivity contribution in [3.63, 3.8) is 0 Å². The molecule has 0 saturated heterocycles. The number of carbonyl (C=O) groups is 1. The van der Waals surface area contributed by atoms with Crippen LogP contribution in [0.5, 0.6) is 23.0 Å². The van der Waals surface area contributed by atoms with Crippen LogP contribution in [0.1, 0.15) is 21.5 Å². The molecule has 0 aromatic heterocycles. The van der Waals surface area contributed by atoms with E-state index in [1.807, 2.05) is 0 Å². The molecule has 36 heteroatoms. The zero-order valence-electron chi connectivity index (χ0n) is 46.7. The monoisotopic (exact) mass is 1340 g/mol. The van der Waals surface area contributed by atoms with Crippen molar-refractivity contribution in [1.29, 1.82) is 0 Å². The number of methoxy groups -OCH3 is 2. The first kappa shape index (κ1) is 65.2. The van der Waals surface area contributed by atoms with E-state index in [0.717, 1.165) is 48.5 Å². The third-order valence-corrected chi connectivity index (χ3v) is 17.7. The van der Waals surface area contributed by atoms with Gasteiger partial charge in [-0.1, -0.05) is 18.2 Å². The van der Waals surface area contributed by atoms with Gasteiger partial charge in [-0.15, -0.1) is 30.7 Å².